The number of benzene rings is 1. The van der Waals surface area contributed by atoms with Crippen molar-refractivity contribution in [3.8, 4) is 0 Å². The average Bonchev–Trinajstić information content (AvgIpc) is 2.58. The first kappa shape index (κ1) is 18.2. The summed E-state index contributed by atoms with van der Waals surface area (Å²) in [6.07, 6.45) is 6.66. The number of likely N-dealkylation sites (tertiary alicyclic amines) is 1. The van der Waals surface area contributed by atoms with Gasteiger partial charge in [-0.3, -0.25) is 4.90 Å². The van der Waals surface area contributed by atoms with Gasteiger partial charge in [0.25, 0.3) is 0 Å². The minimum atomic E-state index is -0.142. The summed E-state index contributed by atoms with van der Waals surface area (Å²) in [6.45, 7) is 4.08. The molecular formula is C20H31N3O2. The van der Waals surface area contributed by atoms with Gasteiger partial charge >= 0.3 is 6.03 Å². The van der Waals surface area contributed by atoms with E-state index in [1.165, 1.54) is 30.4 Å². The molecule has 2 amide bonds. The zero-order valence-corrected chi connectivity index (χ0v) is 15.0. The van der Waals surface area contributed by atoms with E-state index in [0.717, 1.165) is 51.4 Å². The molecule has 3 rings (SSSR count). The number of carbonyl (C=O) groups excluding carboxylic acids is 1. The highest BCUT2D eigenvalue weighted by Gasteiger charge is 2.18. The van der Waals surface area contributed by atoms with Gasteiger partial charge in [-0.05, 0) is 36.3 Å². The summed E-state index contributed by atoms with van der Waals surface area (Å²) in [4.78, 5) is 14.4. The lowest BCUT2D eigenvalue weighted by Crippen LogP contribution is -2.37. The first-order chi connectivity index (χ1) is 12.2. The highest BCUT2D eigenvalue weighted by atomic mass is 16.3. The minimum absolute atomic E-state index is 0.0739. The van der Waals surface area contributed by atoms with Gasteiger partial charge in [0, 0.05) is 32.7 Å². The van der Waals surface area contributed by atoms with Crippen LogP contribution in [0.2, 0.25) is 0 Å². The summed E-state index contributed by atoms with van der Waals surface area (Å²) in [7, 11) is 0. The highest BCUT2D eigenvalue weighted by Crippen LogP contribution is 2.28. The molecule has 0 spiro atoms. The Morgan fingerprint density at radius 1 is 1.08 bits per heavy atom. The van der Waals surface area contributed by atoms with Crippen LogP contribution in [0.3, 0.4) is 0 Å². The van der Waals surface area contributed by atoms with Gasteiger partial charge in [0.1, 0.15) is 0 Å². The van der Waals surface area contributed by atoms with Crippen molar-refractivity contribution in [1.82, 2.24) is 15.5 Å². The van der Waals surface area contributed by atoms with Crippen molar-refractivity contribution in [2.45, 2.75) is 57.7 Å². The van der Waals surface area contributed by atoms with Crippen molar-refractivity contribution in [1.29, 1.82) is 0 Å². The number of nitrogens with zero attached hydrogens (tertiary/aromatic N) is 1. The van der Waals surface area contributed by atoms with E-state index >= 15 is 0 Å². The van der Waals surface area contributed by atoms with Crippen LogP contribution in [0.25, 0.3) is 0 Å². The Balaban J connectivity index is 1.42. The Labute approximate surface area is 150 Å². The Morgan fingerprint density at radius 2 is 1.80 bits per heavy atom. The van der Waals surface area contributed by atoms with E-state index in [2.05, 4.69) is 33.7 Å². The number of rotatable bonds is 7. The molecule has 1 saturated heterocycles. The number of carbonyl (C=O) groups is 1. The number of piperidine rings is 1. The maximum atomic E-state index is 12.0. The van der Waals surface area contributed by atoms with Crippen molar-refractivity contribution in [3.63, 3.8) is 0 Å². The summed E-state index contributed by atoms with van der Waals surface area (Å²) in [5.74, 6) is 0.823. The second-order valence-electron chi connectivity index (χ2n) is 7.47. The third-order valence-corrected chi connectivity index (χ3v) is 5.57. The lowest BCUT2D eigenvalue weighted by Gasteiger charge is -2.30. The van der Waals surface area contributed by atoms with Crippen LogP contribution in [0.5, 0.6) is 0 Å². The maximum Gasteiger partial charge on any atom is 0.315 e. The van der Waals surface area contributed by atoms with E-state index < -0.39 is 0 Å². The highest BCUT2D eigenvalue weighted by molar-refractivity contribution is 5.73. The molecule has 1 aliphatic heterocycles. The van der Waals surface area contributed by atoms with Crippen LogP contribution in [0.1, 0.15) is 49.7 Å². The molecule has 0 aromatic heterocycles. The van der Waals surface area contributed by atoms with Crippen LogP contribution in [-0.2, 0) is 13.1 Å². The molecule has 1 aromatic carbocycles. The molecule has 3 N–H and O–H groups in total. The molecule has 5 heteroatoms. The number of hydrogen-bond donors (Lipinski definition) is 3. The summed E-state index contributed by atoms with van der Waals surface area (Å²) >= 11 is 0. The van der Waals surface area contributed by atoms with E-state index in [1.54, 1.807) is 0 Å². The summed E-state index contributed by atoms with van der Waals surface area (Å²) in [6, 6.07) is 8.22. The number of nitrogens with one attached hydrogen (secondary N) is 2. The molecular weight excluding hydrogens is 314 g/mol. The number of hydrogen-bond acceptors (Lipinski definition) is 3. The molecule has 0 atom stereocenters. The first-order valence-corrected chi connectivity index (χ1v) is 9.69. The quantitative estimate of drug-likeness (QED) is 0.712. The van der Waals surface area contributed by atoms with Gasteiger partial charge in [-0.15, -0.1) is 0 Å². The summed E-state index contributed by atoms with van der Waals surface area (Å²) in [5.41, 5.74) is 2.43. The van der Waals surface area contributed by atoms with Crippen molar-refractivity contribution in [3.05, 3.63) is 35.4 Å². The Hall–Kier alpha value is -1.59. The fourth-order valence-electron chi connectivity index (χ4n) is 3.61. The van der Waals surface area contributed by atoms with Gasteiger partial charge in [-0.2, -0.15) is 0 Å². The van der Waals surface area contributed by atoms with Crippen LogP contribution >= 0.6 is 0 Å². The largest absolute Gasteiger partial charge is 0.393 e. The van der Waals surface area contributed by atoms with E-state index in [9.17, 15) is 9.90 Å². The molecule has 0 unspecified atom stereocenters. The summed E-state index contributed by atoms with van der Waals surface area (Å²) < 4.78 is 0. The lowest BCUT2D eigenvalue weighted by atomic mass is 9.83. The summed E-state index contributed by atoms with van der Waals surface area (Å²) in [5, 5.41) is 15.6. The van der Waals surface area contributed by atoms with Gasteiger partial charge in [-0.1, -0.05) is 43.5 Å². The smallest absolute Gasteiger partial charge is 0.315 e. The Morgan fingerprint density at radius 3 is 2.48 bits per heavy atom. The van der Waals surface area contributed by atoms with Crippen LogP contribution in [0.4, 0.5) is 4.79 Å². The average molecular weight is 345 g/mol. The molecule has 1 saturated carbocycles. The van der Waals surface area contributed by atoms with Crippen LogP contribution in [0, 0.1) is 5.92 Å². The Bertz CT molecular complexity index is 552. The van der Waals surface area contributed by atoms with Crippen molar-refractivity contribution < 1.29 is 9.90 Å². The SMILES string of the molecule is O=C(NCCC1CCC1)NCc1ccccc1CN1CCC(O)CC1. The Kier molecular flexibility index (Phi) is 6.70. The molecule has 25 heavy (non-hydrogen) atoms. The van der Waals surface area contributed by atoms with Crippen molar-refractivity contribution in [2.24, 2.45) is 5.92 Å². The van der Waals surface area contributed by atoms with Crippen molar-refractivity contribution in [2.75, 3.05) is 19.6 Å². The zero-order chi connectivity index (χ0) is 17.5. The molecule has 138 valence electrons. The second-order valence-corrected chi connectivity index (χ2v) is 7.47. The minimum Gasteiger partial charge on any atom is -0.393 e. The first-order valence-electron chi connectivity index (χ1n) is 9.69. The maximum absolute atomic E-state index is 12.0. The predicted octanol–water partition coefficient (Wildman–Crippen LogP) is 2.63. The van der Waals surface area contributed by atoms with Gasteiger partial charge < -0.3 is 15.7 Å². The standard InChI is InChI=1S/C20H31N3O2/c24-19-9-12-23(13-10-19)15-18-7-2-1-6-17(18)14-22-20(25)21-11-8-16-4-3-5-16/h1-2,6-7,16,19,24H,3-5,8-15H2,(H2,21,22,25). The molecule has 1 aliphatic carbocycles. The monoisotopic (exact) mass is 345 g/mol. The van der Waals surface area contributed by atoms with E-state index in [4.69, 9.17) is 0 Å². The third-order valence-electron chi connectivity index (χ3n) is 5.57. The van der Waals surface area contributed by atoms with Gasteiger partial charge in [0.05, 0.1) is 6.10 Å². The number of amides is 2. The fourth-order valence-corrected chi connectivity index (χ4v) is 3.61. The van der Waals surface area contributed by atoms with Gasteiger partial charge in [-0.25, -0.2) is 4.79 Å². The van der Waals surface area contributed by atoms with Crippen molar-refractivity contribution >= 4 is 6.03 Å². The van der Waals surface area contributed by atoms with E-state index in [1.807, 2.05) is 6.07 Å². The molecule has 2 fully saturated rings. The second kappa shape index (κ2) is 9.20. The normalized spacial score (nSPS) is 19.4. The number of urea groups is 1. The number of aliphatic hydroxyl groups excluding tert-OH is 1. The fraction of sp³-hybridized carbons (Fsp3) is 0.650. The topological polar surface area (TPSA) is 64.6 Å². The molecule has 0 radical (unpaired) electrons. The molecule has 2 aliphatic rings. The van der Waals surface area contributed by atoms with Crippen LogP contribution in [0.15, 0.2) is 24.3 Å². The van der Waals surface area contributed by atoms with Crippen LogP contribution < -0.4 is 10.6 Å². The van der Waals surface area contributed by atoms with Gasteiger partial charge in [0.2, 0.25) is 0 Å². The molecule has 0 bridgehead atoms. The molecule has 1 aromatic rings. The zero-order valence-electron chi connectivity index (χ0n) is 15.0. The molecule has 1 heterocycles. The van der Waals surface area contributed by atoms with Crippen LogP contribution in [-0.4, -0.2) is 41.8 Å². The van der Waals surface area contributed by atoms with E-state index in [-0.39, 0.29) is 12.1 Å². The predicted molar refractivity (Wildman–Crippen MR) is 99.2 cm³/mol. The lowest BCUT2D eigenvalue weighted by molar-refractivity contribution is 0.0791. The third kappa shape index (κ3) is 5.72. The molecule has 5 nitrogen and oxygen atoms in total. The van der Waals surface area contributed by atoms with Gasteiger partial charge in [0.15, 0.2) is 0 Å². The number of aliphatic hydroxyl groups is 1. The van der Waals surface area contributed by atoms with E-state index in [0.29, 0.717) is 6.54 Å².